The quantitative estimate of drug-likeness (QED) is 0.801. The van der Waals surface area contributed by atoms with Crippen LogP contribution in [0.15, 0.2) is 23.1 Å². The van der Waals surface area contributed by atoms with Crippen molar-refractivity contribution in [2.75, 3.05) is 26.3 Å². The molecule has 0 bridgehead atoms. The monoisotopic (exact) mass is 286 g/mol. The summed E-state index contributed by atoms with van der Waals surface area (Å²) < 4.78 is 30.8. The molecule has 1 aromatic carbocycles. The maximum Gasteiger partial charge on any atom is 0.335 e. The van der Waals surface area contributed by atoms with Gasteiger partial charge in [0, 0.05) is 13.1 Å². The molecule has 19 heavy (non-hydrogen) atoms. The first-order valence-electron chi connectivity index (χ1n) is 5.55. The van der Waals surface area contributed by atoms with Gasteiger partial charge in [-0.3, -0.25) is 0 Å². The predicted molar refractivity (Wildman–Crippen MR) is 62.4 cm³/mol. The third-order valence-corrected chi connectivity index (χ3v) is 4.68. The van der Waals surface area contributed by atoms with Crippen LogP contribution in [0.25, 0.3) is 0 Å². The Kier molecular flexibility index (Phi) is 3.74. The van der Waals surface area contributed by atoms with Crippen LogP contribution in [0.3, 0.4) is 0 Å². The minimum absolute atomic E-state index is 0.189. The molecular weight excluding hydrogens is 274 g/mol. The van der Waals surface area contributed by atoms with Crippen molar-refractivity contribution in [3.05, 3.63) is 23.8 Å². The lowest BCUT2D eigenvalue weighted by Gasteiger charge is -2.26. The van der Waals surface area contributed by atoms with Crippen molar-refractivity contribution >= 4 is 16.0 Å². The number of carbonyl (C=O) groups is 1. The van der Waals surface area contributed by atoms with Crippen LogP contribution >= 0.6 is 0 Å². The number of morpholine rings is 1. The van der Waals surface area contributed by atoms with Gasteiger partial charge in [-0.1, -0.05) is 11.8 Å². The van der Waals surface area contributed by atoms with E-state index in [9.17, 15) is 18.3 Å². The molecule has 0 amide bonds. The number of rotatable bonds is 3. The van der Waals surface area contributed by atoms with Gasteiger partial charge in [-0.25, -0.2) is 13.2 Å². The Labute approximate surface area is 110 Å². The number of sulfonamides is 1. The van der Waals surface area contributed by atoms with Crippen LogP contribution in [0.2, 0.25) is 0 Å². The van der Waals surface area contributed by atoms with Crippen molar-refractivity contribution in [1.82, 2.24) is 4.31 Å². The van der Waals surface area contributed by atoms with Gasteiger partial charge in [0.2, 0.25) is 10.0 Å². The molecule has 2 rings (SSSR count). The molecule has 0 spiro atoms. The molecule has 1 saturated heterocycles. The highest BCUT2D eigenvalue weighted by molar-refractivity contribution is 7.89. The highest BCUT2D eigenvalue weighted by Gasteiger charge is 2.26. The van der Waals surface area contributed by atoms with E-state index in [-0.39, 0.29) is 18.0 Å². The molecular formula is C11H12NO6S-. The number of benzene rings is 1. The van der Waals surface area contributed by atoms with E-state index in [1.54, 1.807) is 0 Å². The van der Waals surface area contributed by atoms with Crippen molar-refractivity contribution in [3.63, 3.8) is 0 Å². The van der Waals surface area contributed by atoms with Gasteiger partial charge in [-0.05, 0) is 12.1 Å². The molecule has 104 valence electrons. The second-order valence-corrected chi connectivity index (χ2v) is 5.92. The van der Waals surface area contributed by atoms with Crippen LogP contribution in [0, 0.1) is 0 Å². The SMILES string of the molecule is O=C(O)c1cc(S(=O)(=O)N2CCOCC2)ccc1[O-]. The van der Waals surface area contributed by atoms with Crippen LogP contribution in [-0.2, 0) is 14.8 Å². The number of carboxylic acids is 1. The van der Waals surface area contributed by atoms with Gasteiger partial charge < -0.3 is 14.9 Å². The summed E-state index contributed by atoms with van der Waals surface area (Å²) in [6.45, 7) is 1.02. The lowest BCUT2D eigenvalue weighted by atomic mass is 10.2. The zero-order valence-corrected chi connectivity index (χ0v) is 10.7. The molecule has 7 nitrogen and oxygen atoms in total. The summed E-state index contributed by atoms with van der Waals surface area (Å²) in [5.74, 6) is -2.16. The second-order valence-electron chi connectivity index (χ2n) is 3.98. The molecule has 0 radical (unpaired) electrons. The van der Waals surface area contributed by atoms with E-state index >= 15 is 0 Å². The summed E-state index contributed by atoms with van der Waals surface area (Å²) in [6.07, 6.45) is 0. The Balaban J connectivity index is 2.40. The number of aromatic carboxylic acids is 1. The van der Waals surface area contributed by atoms with E-state index in [1.165, 1.54) is 4.31 Å². The van der Waals surface area contributed by atoms with Crippen molar-refractivity contribution in [2.45, 2.75) is 4.90 Å². The maximum absolute atomic E-state index is 12.2. The normalized spacial score (nSPS) is 17.3. The van der Waals surface area contributed by atoms with Crippen molar-refractivity contribution in [2.24, 2.45) is 0 Å². The minimum Gasteiger partial charge on any atom is -0.872 e. The number of hydrogen-bond acceptors (Lipinski definition) is 5. The molecule has 0 aliphatic carbocycles. The molecule has 8 heteroatoms. The van der Waals surface area contributed by atoms with Crippen LogP contribution in [-0.4, -0.2) is 50.1 Å². The van der Waals surface area contributed by atoms with Gasteiger partial charge in [0.1, 0.15) is 0 Å². The number of carboxylic acid groups (broad SMARTS) is 1. The lowest BCUT2D eigenvalue weighted by molar-refractivity contribution is -0.268. The average Bonchev–Trinajstić information content (AvgIpc) is 2.39. The molecule has 0 aromatic heterocycles. The molecule has 1 aliphatic heterocycles. The first-order valence-corrected chi connectivity index (χ1v) is 6.99. The Hall–Kier alpha value is -1.64. The molecule has 0 saturated carbocycles. The van der Waals surface area contributed by atoms with Gasteiger partial charge in [0.15, 0.2) is 0 Å². The molecule has 0 unspecified atom stereocenters. The fourth-order valence-corrected chi connectivity index (χ4v) is 3.21. The van der Waals surface area contributed by atoms with Gasteiger partial charge >= 0.3 is 5.97 Å². The van der Waals surface area contributed by atoms with Crippen LogP contribution in [0.4, 0.5) is 0 Å². The minimum atomic E-state index is -3.78. The van der Waals surface area contributed by atoms with Crippen molar-refractivity contribution in [1.29, 1.82) is 0 Å². The highest BCUT2D eigenvalue weighted by Crippen LogP contribution is 2.22. The maximum atomic E-state index is 12.2. The van der Waals surface area contributed by atoms with Crippen molar-refractivity contribution in [3.8, 4) is 5.75 Å². The molecule has 1 heterocycles. The number of nitrogens with zero attached hydrogens (tertiary/aromatic N) is 1. The zero-order valence-electron chi connectivity index (χ0n) is 9.90. The van der Waals surface area contributed by atoms with E-state index in [4.69, 9.17) is 9.84 Å². The Morgan fingerprint density at radius 2 is 1.95 bits per heavy atom. The Morgan fingerprint density at radius 3 is 2.53 bits per heavy atom. The summed E-state index contributed by atoms with van der Waals surface area (Å²) in [5, 5.41) is 20.1. The third kappa shape index (κ3) is 2.70. The van der Waals surface area contributed by atoms with E-state index in [1.807, 2.05) is 0 Å². The summed E-state index contributed by atoms with van der Waals surface area (Å²) in [4.78, 5) is 10.7. The van der Waals surface area contributed by atoms with E-state index in [0.717, 1.165) is 18.2 Å². The Bertz CT molecular complexity index is 591. The standard InChI is InChI=1S/C11H13NO6S/c13-10-2-1-8(7-9(10)11(14)15)19(16,17)12-3-5-18-6-4-12/h1-2,7,13H,3-6H2,(H,14,15)/p-1. The molecule has 1 N–H and O–H groups in total. The molecule has 0 atom stereocenters. The average molecular weight is 286 g/mol. The lowest BCUT2D eigenvalue weighted by Crippen LogP contribution is -2.40. The fraction of sp³-hybridized carbons (Fsp3) is 0.364. The van der Waals surface area contributed by atoms with E-state index in [0.29, 0.717) is 13.2 Å². The third-order valence-electron chi connectivity index (χ3n) is 2.79. The van der Waals surface area contributed by atoms with Gasteiger partial charge in [0.25, 0.3) is 0 Å². The zero-order chi connectivity index (χ0) is 14.0. The predicted octanol–water partition coefficient (Wildman–Crippen LogP) is -0.521. The van der Waals surface area contributed by atoms with Crippen LogP contribution in [0.5, 0.6) is 5.75 Å². The largest absolute Gasteiger partial charge is 0.872 e. The number of ether oxygens (including phenoxy) is 1. The summed E-state index contributed by atoms with van der Waals surface area (Å²) in [6, 6.07) is 2.98. The topological polar surface area (TPSA) is 107 Å². The van der Waals surface area contributed by atoms with Crippen LogP contribution in [0.1, 0.15) is 10.4 Å². The van der Waals surface area contributed by atoms with E-state index in [2.05, 4.69) is 0 Å². The van der Waals surface area contributed by atoms with Crippen molar-refractivity contribution < 1.29 is 28.2 Å². The fourth-order valence-electron chi connectivity index (χ4n) is 1.77. The first kappa shape index (κ1) is 13.8. The summed E-state index contributed by atoms with van der Waals surface area (Å²) >= 11 is 0. The highest BCUT2D eigenvalue weighted by atomic mass is 32.2. The smallest absolute Gasteiger partial charge is 0.335 e. The van der Waals surface area contributed by atoms with Gasteiger partial charge in [-0.15, -0.1) is 0 Å². The Morgan fingerprint density at radius 1 is 1.32 bits per heavy atom. The van der Waals surface area contributed by atoms with E-state index < -0.39 is 27.3 Å². The molecule has 1 aliphatic rings. The van der Waals surface area contributed by atoms with Gasteiger partial charge in [0.05, 0.1) is 23.7 Å². The second kappa shape index (κ2) is 5.16. The summed E-state index contributed by atoms with van der Waals surface area (Å²) in [7, 11) is -3.78. The van der Waals surface area contributed by atoms with Crippen LogP contribution < -0.4 is 5.11 Å². The first-order chi connectivity index (χ1) is 8.93. The summed E-state index contributed by atoms with van der Waals surface area (Å²) in [5.41, 5.74) is -0.547. The molecule has 1 aromatic rings. The molecule has 1 fully saturated rings. The van der Waals surface area contributed by atoms with Gasteiger partial charge in [-0.2, -0.15) is 4.31 Å². The number of hydrogen-bond donors (Lipinski definition) is 1.